The Morgan fingerprint density at radius 2 is 1.57 bits per heavy atom. The molecule has 6 nitrogen and oxygen atoms in total. The van der Waals surface area contributed by atoms with E-state index in [0.717, 1.165) is 13.1 Å². The summed E-state index contributed by atoms with van der Waals surface area (Å²) in [5, 5.41) is 0.512. The van der Waals surface area contributed by atoms with Gasteiger partial charge in [-0.05, 0) is 49.4 Å². The van der Waals surface area contributed by atoms with Gasteiger partial charge in [-0.25, -0.2) is 8.42 Å². The Morgan fingerprint density at radius 1 is 1.04 bits per heavy atom. The second-order valence-electron chi connectivity index (χ2n) is 8.26. The van der Waals surface area contributed by atoms with E-state index in [-0.39, 0.29) is 16.8 Å². The molecule has 0 aromatic heterocycles. The zero-order valence-corrected chi connectivity index (χ0v) is 18.4. The molecule has 0 N–H and O–H groups in total. The molecule has 0 spiro atoms. The molecule has 3 rings (SSSR count). The Hall–Kier alpha value is -1.15. The highest BCUT2D eigenvalue weighted by Gasteiger charge is 2.34. The molecule has 1 aromatic rings. The highest BCUT2D eigenvalue weighted by molar-refractivity contribution is 7.89. The highest BCUT2D eigenvalue weighted by atomic mass is 35.5. The third kappa shape index (κ3) is 4.70. The molecule has 3 atom stereocenters. The molecule has 2 aliphatic rings. The number of likely N-dealkylation sites (tertiary alicyclic amines) is 1. The van der Waals surface area contributed by atoms with Crippen LogP contribution in [-0.4, -0.2) is 73.7 Å². The molecule has 1 amide bonds. The van der Waals surface area contributed by atoms with E-state index in [1.807, 2.05) is 11.8 Å². The summed E-state index contributed by atoms with van der Waals surface area (Å²) in [4.78, 5) is 17.3. The number of amides is 1. The zero-order chi connectivity index (χ0) is 20.5. The van der Waals surface area contributed by atoms with Crippen LogP contribution in [0.25, 0.3) is 0 Å². The normalized spacial score (nSPS) is 26.2. The second-order valence-corrected chi connectivity index (χ2v) is 10.6. The summed E-state index contributed by atoms with van der Waals surface area (Å²) in [5.41, 5.74) is 0. The number of benzene rings is 1. The maximum Gasteiger partial charge on any atom is 0.243 e. The van der Waals surface area contributed by atoms with Crippen LogP contribution in [0.3, 0.4) is 0 Å². The molecule has 2 heterocycles. The number of nitrogens with zero attached hydrogens (tertiary/aromatic N) is 3. The molecule has 0 unspecified atom stereocenters. The SMILES string of the molecule is C[C@@H]1C[C@H](C)CN(C(=O)[C@@H](C)N2CCN(S(=O)(=O)c3ccc(Cl)cc3)CC2)C1. The molecule has 0 radical (unpaired) electrons. The maximum atomic E-state index is 13.0. The van der Waals surface area contributed by atoms with Crippen molar-refractivity contribution < 1.29 is 13.2 Å². The van der Waals surface area contributed by atoms with Crippen LogP contribution in [0.2, 0.25) is 5.02 Å². The minimum Gasteiger partial charge on any atom is -0.341 e. The lowest BCUT2D eigenvalue weighted by Gasteiger charge is -2.41. The summed E-state index contributed by atoms with van der Waals surface area (Å²) in [6.07, 6.45) is 1.17. The third-order valence-electron chi connectivity index (χ3n) is 5.81. The molecule has 2 fully saturated rings. The monoisotopic (exact) mass is 427 g/mol. The van der Waals surface area contributed by atoms with Gasteiger partial charge in [0.2, 0.25) is 15.9 Å². The largest absolute Gasteiger partial charge is 0.341 e. The summed E-state index contributed by atoms with van der Waals surface area (Å²) < 4.78 is 27.1. The fourth-order valence-corrected chi connectivity index (χ4v) is 5.90. The highest BCUT2D eigenvalue weighted by Crippen LogP contribution is 2.24. The van der Waals surface area contributed by atoms with Gasteiger partial charge < -0.3 is 4.90 Å². The van der Waals surface area contributed by atoms with Crippen molar-refractivity contribution in [1.82, 2.24) is 14.1 Å². The van der Waals surface area contributed by atoms with Gasteiger partial charge in [-0.2, -0.15) is 4.31 Å². The Kier molecular flexibility index (Phi) is 6.69. The lowest BCUT2D eigenvalue weighted by Crippen LogP contribution is -2.56. The molecule has 0 aliphatic carbocycles. The van der Waals surface area contributed by atoms with Crippen LogP contribution in [0, 0.1) is 11.8 Å². The summed E-state index contributed by atoms with van der Waals surface area (Å²) in [7, 11) is -3.53. The molecule has 28 heavy (non-hydrogen) atoms. The average Bonchev–Trinajstić information content (AvgIpc) is 2.66. The Labute approximate surface area is 173 Å². The number of halogens is 1. The lowest BCUT2D eigenvalue weighted by atomic mass is 9.91. The number of carbonyl (C=O) groups excluding carboxylic acids is 1. The van der Waals surface area contributed by atoms with Gasteiger partial charge in [-0.1, -0.05) is 25.4 Å². The average molecular weight is 428 g/mol. The molecular weight excluding hydrogens is 398 g/mol. The zero-order valence-electron chi connectivity index (χ0n) is 16.8. The van der Waals surface area contributed by atoms with E-state index in [1.165, 1.54) is 22.9 Å². The van der Waals surface area contributed by atoms with Gasteiger partial charge in [0.1, 0.15) is 0 Å². The fraction of sp³-hybridized carbons (Fsp3) is 0.650. The van der Waals surface area contributed by atoms with Crippen LogP contribution < -0.4 is 0 Å². The number of carbonyl (C=O) groups is 1. The van der Waals surface area contributed by atoms with Crippen LogP contribution in [-0.2, 0) is 14.8 Å². The van der Waals surface area contributed by atoms with E-state index in [0.29, 0.717) is 43.0 Å². The van der Waals surface area contributed by atoms with Gasteiger partial charge in [0.25, 0.3) is 0 Å². The third-order valence-corrected chi connectivity index (χ3v) is 7.98. The number of piperidine rings is 1. The minimum absolute atomic E-state index is 0.160. The topological polar surface area (TPSA) is 60.9 Å². The molecule has 156 valence electrons. The van der Waals surface area contributed by atoms with E-state index >= 15 is 0 Å². The van der Waals surface area contributed by atoms with Crippen LogP contribution in [0.4, 0.5) is 0 Å². The van der Waals surface area contributed by atoms with Crippen molar-refractivity contribution in [2.45, 2.75) is 38.1 Å². The standard InChI is InChI=1S/C20H30ClN3O3S/c1-15-12-16(2)14-23(13-15)20(25)17(3)22-8-10-24(11-9-22)28(26,27)19-6-4-18(21)5-7-19/h4-7,15-17H,8-14H2,1-3H3/t15-,16+,17-/m1/s1. The Bertz CT molecular complexity index is 781. The van der Waals surface area contributed by atoms with Crippen molar-refractivity contribution in [2.75, 3.05) is 39.3 Å². The van der Waals surface area contributed by atoms with Crippen molar-refractivity contribution in [3.05, 3.63) is 29.3 Å². The first-order valence-corrected chi connectivity index (χ1v) is 11.8. The molecule has 0 saturated carbocycles. The number of hydrogen-bond donors (Lipinski definition) is 0. The van der Waals surface area contributed by atoms with Crippen LogP contribution in [0.5, 0.6) is 0 Å². The van der Waals surface area contributed by atoms with E-state index in [4.69, 9.17) is 11.6 Å². The first-order valence-electron chi connectivity index (χ1n) is 9.97. The first kappa shape index (κ1) is 21.6. The quantitative estimate of drug-likeness (QED) is 0.740. The second kappa shape index (κ2) is 8.69. The van der Waals surface area contributed by atoms with E-state index < -0.39 is 10.0 Å². The summed E-state index contributed by atoms with van der Waals surface area (Å²) in [6, 6.07) is 6.03. The molecule has 2 aliphatic heterocycles. The predicted molar refractivity (Wildman–Crippen MR) is 111 cm³/mol. The van der Waals surface area contributed by atoms with Gasteiger partial charge in [0, 0.05) is 44.3 Å². The van der Waals surface area contributed by atoms with E-state index in [1.54, 1.807) is 12.1 Å². The molecule has 1 aromatic carbocycles. The smallest absolute Gasteiger partial charge is 0.243 e. The number of sulfonamides is 1. The molecule has 2 saturated heterocycles. The Morgan fingerprint density at radius 3 is 2.11 bits per heavy atom. The van der Waals surface area contributed by atoms with Gasteiger partial charge in [-0.15, -0.1) is 0 Å². The van der Waals surface area contributed by atoms with Crippen LogP contribution in [0.1, 0.15) is 27.2 Å². The van der Waals surface area contributed by atoms with Gasteiger partial charge in [-0.3, -0.25) is 9.69 Å². The summed E-state index contributed by atoms with van der Waals surface area (Å²) in [5.74, 6) is 1.22. The molecule has 8 heteroatoms. The minimum atomic E-state index is -3.53. The van der Waals surface area contributed by atoms with E-state index in [9.17, 15) is 13.2 Å². The van der Waals surface area contributed by atoms with Crippen molar-refractivity contribution in [3.8, 4) is 0 Å². The maximum absolute atomic E-state index is 13.0. The van der Waals surface area contributed by atoms with Gasteiger partial charge in [0.15, 0.2) is 0 Å². The van der Waals surface area contributed by atoms with E-state index in [2.05, 4.69) is 18.7 Å². The number of piperazine rings is 1. The summed E-state index contributed by atoms with van der Waals surface area (Å²) >= 11 is 5.86. The van der Waals surface area contributed by atoms with Crippen molar-refractivity contribution in [1.29, 1.82) is 0 Å². The summed E-state index contributed by atoms with van der Waals surface area (Å²) in [6.45, 7) is 9.84. The lowest BCUT2D eigenvalue weighted by molar-refractivity contribution is -0.139. The fourth-order valence-electron chi connectivity index (χ4n) is 4.35. The molecule has 0 bridgehead atoms. The molecular formula is C20H30ClN3O3S. The van der Waals surface area contributed by atoms with Crippen molar-refractivity contribution >= 4 is 27.5 Å². The van der Waals surface area contributed by atoms with Gasteiger partial charge in [0.05, 0.1) is 10.9 Å². The predicted octanol–water partition coefficient (Wildman–Crippen LogP) is 2.54. The Balaban J connectivity index is 1.60. The first-order chi connectivity index (χ1) is 13.2. The van der Waals surface area contributed by atoms with Crippen LogP contribution in [0.15, 0.2) is 29.2 Å². The number of hydrogen-bond acceptors (Lipinski definition) is 4. The van der Waals surface area contributed by atoms with Crippen molar-refractivity contribution in [2.24, 2.45) is 11.8 Å². The van der Waals surface area contributed by atoms with Gasteiger partial charge >= 0.3 is 0 Å². The van der Waals surface area contributed by atoms with Crippen LogP contribution >= 0.6 is 11.6 Å². The number of rotatable bonds is 4. The van der Waals surface area contributed by atoms with Crippen molar-refractivity contribution in [3.63, 3.8) is 0 Å².